The van der Waals surface area contributed by atoms with Gasteiger partial charge in [-0.25, -0.2) is 0 Å². The number of benzene rings is 1. The molecule has 128 valence electrons. The van der Waals surface area contributed by atoms with Crippen LogP contribution in [0.4, 0.5) is 0 Å². The van der Waals surface area contributed by atoms with Gasteiger partial charge in [0, 0.05) is 52.6 Å². The van der Waals surface area contributed by atoms with Crippen LogP contribution in [-0.4, -0.2) is 62.1 Å². The molecule has 24 heavy (non-hydrogen) atoms. The van der Waals surface area contributed by atoms with E-state index >= 15 is 0 Å². The standard InChI is InChI=1S/C18H24N4O2/c1-24-12-7-20-14-17(13-19)18(23)22-10-8-21(9-11-22)15-16-5-3-2-4-6-16/h2-6,14,20H,7-12,15H2,1H3/b17-14-. The Morgan fingerprint density at radius 1 is 1.29 bits per heavy atom. The molecule has 6 nitrogen and oxygen atoms in total. The summed E-state index contributed by atoms with van der Waals surface area (Å²) in [5, 5.41) is 12.1. The number of carbonyl (C=O) groups excluding carboxylic acids is 1. The first-order valence-electron chi connectivity index (χ1n) is 8.12. The summed E-state index contributed by atoms with van der Waals surface area (Å²) in [6.45, 7) is 4.90. The number of nitrogens with one attached hydrogen (secondary N) is 1. The number of hydrogen-bond donors (Lipinski definition) is 1. The van der Waals surface area contributed by atoms with Crippen LogP contribution in [0, 0.1) is 11.3 Å². The van der Waals surface area contributed by atoms with Gasteiger partial charge in [0.1, 0.15) is 11.6 Å². The molecule has 1 aromatic carbocycles. The van der Waals surface area contributed by atoms with Crippen LogP contribution in [0.15, 0.2) is 42.1 Å². The number of methoxy groups -OCH3 is 1. The topological polar surface area (TPSA) is 68.6 Å². The minimum atomic E-state index is -0.207. The van der Waals surface area contributed by atoms with E-state index in [0.29, 0.717) is 26.2 Å². The molecule has 0 atom stereocenters. The van der Waals surface area contributed by atoms with E-state index < -0.39 is 0 Å². The molecule has 2 rings (SSSR count). The molecule has 0 bridgehead atoms. The van der Waals surface area contributed by atoms with Gasteiger partial charge in [-0.3, -0.25) is 9.69 Å². The Morgan fingerprint density at radius 3 is 2.62 bits per heavy atom. The lowest BCUT2D eigenvalue weighted by Gasteiger charge is -2.34. The van der Waals surface area contributed by atoms with Gasteiger partial charge < -0.3 is 15.0 Å². The molecule has 0 aromatic heterocycles. The van der Waals surface area contributed by atoms with Gasteiger partial charge in [0.05, 0.1) is 6.61 Å². The minimum absolute atomic E-state index is 0.141. The predicted molar refractivity (Wildman–Crippen MR) is 91.9 cm³/mol. The second-order valence-corrected chi connectivity index (χ2v) is 5.67. The van der Waals surface area contributed by atoms with Gasteiger partial charge in [0.15, 0.2) is 0 Å². The highest BCUT2D eigenvalue weighted by Gasteiger charge is 2.23. The van der Waals surface area contributed by atoms with Gasteiger partial charge in [0.2, 0.25) is 0 Å². The van der Waals surface area contributed by atoms with Crippen LogP contribution in [0.2, 0.25) is 0 Å². The fourth-order valence-corrected chi connectivity index (χ4v) is 2.60. The average Bonchev–Trinajstić information content (AvgIpc) is 2.63. The smallest absolute Gasteiger partial charge is 0.266 e. The van der Waals surface area contributed by atoms with Gasteiger partial charge in [0.25, 0.3) is 5.91 Å². The molecule has 0 unspecified atom stereocenters. The summed E-state index contributed by atoms with van der Waals surface area (Å²) in [5.41, 5.74) is 1.42. The van der Waals surface area contributed by atoms with E-state index in [-0.39, 0.29) is 11.5 Å². The van der Waals surface area contributed by atoms with Gasteiger partial charge in [-0.05, 0) is 5.56 Å². The van der Waals surface area contributed by atoms with E-state index in [4.69, 9.17) is 4.74 Å². The van der Waals surface area contributed by atoms with Crippen molar-refractivity contribution in [2.45, 2.75) is 6.54 Å². The molecule has 1 aromatic rings. The van der Waals surface area contributed by atoms with Crippen LogP contribution < -0.4 is 5.32 Å². The zero-order chi connectivity index (χ0) is 17.2. The Labute approximate surface area is 143 Å². The number of nitrogens with zero attached hydrogens (tertiary/aromatic N) is 3. The number of carbonyl (C=O) groups is 1. The number of piperazine rings is 1. The summed E-state index contributed by atoms with van der Waals surface area (Å²) in [6, 6.07) is 12.3. The Morgan fingerprint density at radius 2 is 2.00 bits per heavy atom. The fourth-order valence-electron chi connectivity index (χ4n) is 2.60. The molecule has 1 N–H and O–H groups in total. The molecule has 1 fully saturated rings. The summed E-state index contributed by atoms with van der Waals surface area (Å²) < 4.78 is 4.92. The van der Waals surface area contributed by atoms with Crippen LogP contribution in [0.1, 0.15) is 5.56 Å². The van der Waals surface area contributed by atoms with Crippen molar-refractivity contribution < 1.29 is 9.53 Å². The molecular formula is C18H24N4O2. The summed E-state index contributed by atoms with van der Waals surface area (Å²) in [4.78, 5) is 16.5. The van der Waals surface area contributed by atoms with Crippen molar-refractivity contribution in [3.63, 3.8) is 0 Å². The molecule has 6 heteroatoms. The highest BCUT2D eigenvalue weighted by atomic mass is 16.5. The first-order chi connectivity index (χ1) is 11.7. The molecule has 1 heterocycles. The Balaban J connectivity index is 1.82. The zero-order valence-electron chi connectivity index (χ0n) is 14.1. The van der Waals surface area contributed by atoms with E-state index in [0.717, 1.165) is 19.6 Å². The van der Waals surface area contributed by atoms with E-state index in [1.54, 1.807) is 12.0 Å². The van der Waals surface area contributed by atoms with Crippen molar-refractivity contribution in [1.29, 1.82) is 5.26 Å². The summed E-state index contributed by atoms with van der Waals surface area (Å²) >= 11 is 0. The van der Waals surface area contributed by atoms with Crippen LogP contribution in [0.3, 0.4) is 0 Å². The number of ether oxygens (including phenoxy) is 1. The maximum absolute atomic E-state index is 12.4. The van der Waals surface area contributed by atoms with Crippen molar-refractivity contribution in [3.8, 4) is 6.07 Å². The number of hydrogen-bond acceptors (Lipinski definition) is 5. The normalized spacial score (nSPS) is 15.8. The van der Waals surface area contributed by atoms with E-state index in [9.17, 15) is 10.1 Å². The van der Waals surface area contributed by atoms with Crippen molar-refractivity contribution in [3.05, 3.63) is 47.7 Å². The third kappa shape index (κ3) is 5.37. The second-order valence-electron chi connectivity index (χ2n) is 5.67. The van der Waals surface area contributed by atoms with Gasteiger partial charge in [-0.15, -0.1) is 0 Å². The number of nitriles is 1. The number of amides is 1. The Bertz CT molecular complexity index is 587. The van der Waals surface area contributed by atoms with Crippen LogP contribution >= 0.6 is 0 Å². The van der Waals surface area contributed by atoms with Crippen molar-refractivity contribution in [2.24, 2.45) is 0 Å². The van der Waals surface area contributed by atoms with Crippen molar-refractivity contribution >= 4 is 5.91 Å². The van der Waals surface area contributed by atoms with Crippen LogP contribution in [-0.2, 0) is 16.1 Å². The first-order valence-corrected chi connectivity index (χ1v) is 8.12. The average molecular weight is 328 g/mol. The first kappa shape index (κ1) is 18.0. The third-order valence-corrected chi connectivity index (χ3v) is 3.96. The highest BCUT2D eigenvalue weighted by Crippen LogP contribution is 2.10. The summed E-state index contributed by atoms with van der Waals surface area (Å²) in [7, 11) is 1.61. The molecule has 1 saturated heterocycles. The lowest BCUT2D eigenvalue weighted by Crippen LogP contribution is -2.48. The lowest BCUT2D eigenvalue weighted by molar-refractivity contribution is -0.128. The van der Waals surface area contributed by atoms with Crippen LogP contribution in [0.5, 0.6) is 0 Å². The molecule has 0 saturated carbocycles. The second kappa shape index (κ2) is 9.71. The zero-order valence-corrected chi connectivity index (χ0v) is 14.1. The maximum atomic E-state index is 12.4. The van der Waals surface area contributed by atoms with E-state index in [2.05, 4.69) is 22.3 Å². The van der Waals surface area contributed by atoms with E-state index in [1.807, 2.05) is 24.3 Å². The van der Waals surface area contributed by atoms with Gasteiger partial charge in [-0.2, -0.15) is 5.26 Å². The summed E-state index contributed by atoms with van der Waals surface area (Å²) in [6.07, 6.45) is 1.48. The quantitative estimate of drug-likeness (QED) is 0.459. The van der Waals surface area contributed by atoms with Crippen LogP contribution in [0.25, 0.3) is 0 Å². The van der Waals surface area contributed by atoms with Crippen molar-refractivity contribution in [2.75, 3.05) is 46.4 Å². The predicted octanol–water partition coefficient (Wildman–Crippen LogP) is 0.974. The highest BCUT2D eigenvalue weighted by molar-refractivity contribution is 5.97. The minimum Gasteiger partial charge on any atom is -0.387 e. The Kier molecular flexibility index (Phi) is 7.27. The van der Waals surface area contributed by atoms with E-state index in [1.165, 1.54) is 11.8 Å². The SMILES string of the molecule is COCCN/C=C(/C#N)C(=O)N1CCN(Cc2ccccc2)CC1. The molecular weight excluding hydrogens is 304 g/mol. The summed E-state index contributed by atoms with van der Waals surface area (Å²) in [5.74, 6) is -0.207. The Hall–Kier alpha value is -2.36. The van der Waals surface area contributed by atoms with Gasteiger partial charge >= 0.3 is 0 Å². The third-order valence-electron chi connectivity index (χ3n) is 3.96. The molecule has 0 spiro atoms. The monoisotopic (exact) mass is 328 g/mol. The molecule has 1 amide bonds. The largest absolute Gasteiger partial charge is 0.387 e. The van der Waals surface area contributed by atoms with Gasteiger partial charge in [-0.1, -0.05) is 30.3 Å². The molecule has 1 aliphatic rings. The molecule has 0 aliphatic carbocycles. The maximum Gasteiger partial charge on any atom is 0.266 e. The molecule has 1 aliphatic heterocycles. The van der Waals surface area contributed by atoms with Crippen molar-refractivity contribution in [1.82, 2.24) is 15.1 Å². The molecule has 0 radical (unpaired) electrons. The fraction of sp³-hybridized carbons (Fsp3) is 0.444. The lowest BCUT2D eigenvalue weighted by atomic mass is 10.2. The number of rotatable bonds is 7.